The first-order valence-electron chi connectivity index (χ1n) is 3.45. The third-order valence-electron chi connectivity index (χ3n) is 2.64. The van der Waals surface area contributed by atoms with E-state index in [2.05, 4.69) is 19.2 Å². The summed E-state index contributed by atoms with van der Waals surface area (Å²) in [6.07, 6.45) is -0.0788. The Bertz CT molecular complexity index is 105. The van der Waals surface area contributed by atoms with Crippen LogP contribution in [0.5, 0.6) is 0 Å². The molecule has 0 spiro atoms. The Kier molecular flexibility index (Phi) is 1.53. The van der Waals surface area contributed by atoms with Crippen molar-refractivity contribution in [2.75, 3.05) is 13.6 Å². The van der Waals surface area contributed by atoms with E-state index < -0.39 is 0 Å². The number of aliphatic hydroxyl groups excluding tert-OH is 1. The van der Waals surface area contributed by atoms with Gasteiger partial charge in [-0.25, -0.2) is 0 Å². The summed E-state index contributed by atoms with van der Waals surface area (Å²) in [6.45, 7) is 5.12. The molecule has 1 fully saturated rings. The van der Waals surface area contributed by atoms with Crippen LogP contribution in [-0.4, -0.2) is 24.8 Å². The van der Waals surface area contributed by atoms with Gasteiger partial charge in [0, 0.05) is 12.0 Å². The highest BCUT2D eigenvalue weighted by Crippen LogP contribution is 2.51. The average Bonchev–Trinajstić information content (AvgIpc) is 2.22. The summed E-state index contributed by atoms with van der Waals surface area (Å²) >= 11 is 0. The van der Waals surface area contributed by atoms with Gasteiger partial charge in [-0.05, 0) is 13.0 Å². The predicted molar refractivity (Wildman–Crippen MR) is 37.2 cm³/mol. The van der Waals surface area contributed by atoms with Crippen LogP contribution >= 0.6 is 0 Å². The van der Waals surface area contributed by atoms with Crippen LogP contribution in [0, 0.1) is 11.3 Å². The number of rotatable bonds is 2. The molecule has 1 aliphatic carbocycles. The molecule has 0 aromatic heterocycles. The van der Waals surface area contributed by atoms with Crippen LogP contribution in [0.1, 0.15) is 13.8 Å². The smallest absolute Gasteiger partial charge is 0.0641 e. The molecule has 3 atom stereocenters. The Labute approximate surface area is 56.3 Å². The standard InChI is InChI=1S/C7H15NO/c1-5-6(9)7(5,2)4-8-3/h5-6,8-9H,4H2,1-3H3. The van der Waals surface area contributed by atoms with Crippen molar-refractivity contribution in [3.8, 4) is 0 Å². The molecule has 2 N–H and O–H groups in total. The average molecular weight is 129 g/mol. The van der Waals surface area contributed by atoms with Crippen LogP contribution < -0.4 is 5.32 Å². The van der Waals surface area contributed by atoms with Crippen LogP contribution in [0.25, 0.3) is 0 Å². The van der Waals surface area contributed by atoms with Crippen molar-refractivity contribution in [2.24, 2.45) is 11.3 Å². The molecule has 0 heterocycles. The summed E-state index contributed by atoms with van der Waals surface area (Å²) in [5, 5.41) is 12.3. The van der Waals surface area contributed by atoms with E-state index in [0.717, 1.165) is 6.54 Å². The van der Waals surface area contributed by atoms with Crippen molar-refractivity contribution in [3.63, 3.8) is 0 Å². The Morgan fingerprint density at radius 1 is 1.67 bits per heavy atom. The molecule has 0 aliphatic heterocycles. The maximum Gasteiger partial charge on any atom is 0.0641 e. The molecule has 0 bridgehead atoms. The highest BCUT2D eigenvalue weighted by Gasteiger charge is 2.56. The minimum Gasteiger partial charge on any atom is -0.392 e. The van der Waals surface area contributed by atoms with Crippen molar-refractivity contribution >= 4 is 0 Å². The van der Waals surface area contributed by atoms with Crippen molar-refractivity contribution in [2.45, 2.75) is 20.0 Å². The summed E-state index contributed by atoms with van der Waals surface area (Å²) < 4.78 is 0. The van der Waals surface area contributed by atoms with Crippen molar-refractivity contribution < 1.29 is 5.11 Å². The van der Waals surface area contributed by atoms with Crippen LogP contribution in [0.2, 0.25) is 0 Å². The second kappa shape index (κ2) is 1.96. The Morgan fingerprint density at radius 3 is 2.22 bits per heavy atom. The SMILES string of the molecule is CNCC1(C)C(C)C1O. The van der Waals surface area contributed by atoms with Gasteiger partial charge in [0.2, 0.25) is 0 Å². The van der Waals surface area contributed by atoms with Gasteiger partial charge in [0.1, 0.15) is 0 Å². The van der Waals surface area contributed by atoms with Gasteiger partial charge in [0.05, 0.1) is 6.10 Å². The van der Waals surface area contributed by atoms with E-state index in [-0.39, 0.29) is 11.5 Å². The molecule has 1 aliphatic rings. The second-order valence-electron chi connectivity index (χ2n) is 3.27. The number of nitrogens with one attached hydrogen (secondary N) is 1. The van der Waals surface area contributed by atoms with Crippen molar-refractivity contribution in [3.05, 3.63) is 0 Å². The van der Waals surface area contributed by atoms with Gasteiger partial charge in [-0.3, -0.25) is 0 Å². The molecule has 0 amide bonds. The summed E-state index contributed by atoms with van der Waals surface area (Å²) in [5.74, 6) is 0.477. The summed E-state index contributed by atoms with van der Waals surface area (Å²) in [6, 6.07) is 0. The largest absolute Gasteiger partial charge is 0.392 e. The fraction of sp³-hybridized carbons (Fsp3) is 1.00. The van der Waals surface area contributed by atoms with Gasteiger partial charge in [-0.2, -0.15) is 0 Å². The van der Waals surface area contributed by atoms with Gasteiger partial charge in [-0.15, -0.1) is 0 Å². The van der Waals surface area contributed by atoms with Crippen LogP contribution in [-0.2, 0) is 0 Å². The molecular formula is C7H15NO. The summed E-state index contributed by atoms with van der Waals surface area (Å²) in [4.78, 5) is 0. The van der Waals surface area contributed by atoms with Gasteiger partial charge < -0.3 is 10.4 Å². The van der Waals surface area contributed by atoms with Crippen molar-refractivity contribution in [1.29, 1.82) is 0 Å². The lowest BCUT2D eigenvalue weighted by atomic mass is 10.1. The molecule has 0 aromatic carbocycles. The number of hydrogen-bond acceptors (Lipinski definition) is 2. The highest BCUT2D eigenvalue weighted by molar-refractivity contribution is 5.07. The number of aliphatic hydroxyl groups is 1. The van der Waals surface area contributed by atoms with E-state index in [1.807, 2.05) is 7.05 Å². The third kappa shape index (κ3) is 0.864. The molecule has 0 radical (unpaired) electrons. The molecule has 54 valence electrons. The van der Waals surface area contributed by atoms with E-state index in [4.69, 9.17) is 0 Å². The first-order valence-corrected chi connectivity index (χ1v) is 3.45. The summed E-state index contributed by atoms with van der Waals surface area (Å²) in [5.41, 5.74) is 0.161. The molecule has 2 nitrogen and oxygen atoms in total. The molecule has 9 heavy (non-hydrogen) atoms. The van der Waals surface area contributed by atoms with Crippen LogP contribution in [0.3, 0.4) is 0 Å². The van der Waals surface area contributed by atoms with E-state index in [1.54, 1.807) is 0 Å². The van der Waals surface area contributed by atoms with E-state index >= 15 is 0 Å². The van der Waals surface area contributed by atoms with Crippen molar-refractivity contribution in [1.82, 2.24) is 5.32 Å². The lowest BCUT2D eigenvalue weighted by molar-refractivity contribution is 0.223. The van der Waals surface area contributed by atoms with Crippen LogP contribution in [0.15, 0.2) is 0 Å². The zero-order chi connectivity index (χ0) is 7.07. The molecule has 3 unspecified atom stereocenters. The van der Waals surface area contributed by atoms with E-state index in [0.29, 0.717) is 5.92 Å². The molecule has 2 heteroatoms. The molecule has 0 saturated heterocycles. The van der Waals surface area contributed by atoms with Gasteiger partial charge in [0.25, 0.3) is 0 Å². The zero-order valence-corrected chi connectivity index (χ0v) is 6.31. The first kappa shape index (κ1) is 7.03. The van der Waals surface area contributed by atoms with Gasteiger partial charge in [0.15, 0.2) is 0 Å². The normalized spacial score (nSPS) is 49.3. The molecule has 1 rings (SSSR count). The molecule has 0 aromatic rings. The molecular weight excluding hydrogens is 114 g/mol. The second-order valence-corrected chi connectivity index (χ2v) is 3.27. The minimum absolute atomic E-state index is 0.0788. The predicted octanol–water partition coefficient (Wildman–Crippen LogP) is 0.223. The van der Waals surface area contributed by atoms with Gasteiger partial charge in [-0.1, -0.05) is 13.8 Å². The fourth-order valence-corrected chi connectivity index (χ4v) is 1.41. The third-order valence-corrected chi connectivity index (χ3v) is 2.64. The van der Waals surface area contributed by atoms with E-state index in [9.17, 15) is 5.11 Å². The lowest BCUT2D eigenvalue weighted by Gasteiger charge is -2.06. The lowest BCUT2D eigenvalue weighted by Crippen LogP contribution is -2.20. The Hall–Kier alpha value is -0.0800. The number of hydrogen-bond donors (Lipinski definition) is 2. The topological polar surface area (TPSA) is 32.3 Å². The van der Waals surface area contributed by atoms with E-state index in [1.165, 1.54) is 0 Å². The molecule has 1 saturated carbocycles. The minimum atomic E-state index is -0.0788. The quantitative estimate of drug-likeness (QED) is 0.559. The Morgan fingerprint density at radius 2 is 2.11 bits per heavy atom. The highest BCUT2D eigenvalue weighted by atomic mass is 16.3. The maximum atomic E-state index is 9.25. The fourth-order valence-electron chi connectivity index (χ4n) is 1.41. The first-order chi connectivity index (χ1) is 4.13. The van der Waals surface area contributed by atoms with Crippen LogP contribution in [0.4, 0.5) is 0 Å². The monoisotopic (exact) mass is 129 g/mol. The Balaban J connectivity index is 2.40. The maximum absolute atomic E-state index is 9.25. The zero-order valence-electron chi connectivity index (χ0n) is 6.31. The van der Waals surface area contributed by atoms with Gasteiger partial charge >= 0.3 is 0 Å². The summed E-state index contributed by atoms with van der Waals surface area (Å²) in [7, 11) is 1.92.